The van der Waals surface area contributed by atoms with Crippen LogP contribution in [-0.2, 0) is 78.9 Å². The first-order valence-electron chi connectivity index (χ1n) is 44.2. The maximum Gasteiger partial charge on any atom is 0.272 e. The average Bonchev–Trinajstić information content (AvgIpc) is 1.72. The molecule has 27 heteroatoms. The molecule has 3 atom stereocenters. The Morgan fingerprint density at radius 1 is 0.392 bits per heavy atom. The van der Waals surface area contributed by atoms with Crippen molar-refractivity contribution in [1.82, 2.24) is 95.5 Å². The number of hydrogen-bond acceptors (Lipinski definition) is 13. The van der Waals surface area contributed by atoms with Crippen molar-refractivity contribution < 1.29 is 19.1 Å². The quantitative estimate of drug-likeness (QED) is 0.0217. The second-order valence-electron chi connectivity index (χ2n) is 33.2. The number of amides is 3. The fraction of sp³-hybridized carbons (Fsp3) is 0.233. The highest BCUT2D eigenvalue weighted by Gasteiger charge is 2.33. The van der Waals surface area contributed by atoms with Crippen molar-refractivity contribution in [2.45, 2.75) is 115 Å². The first kappa shape index (κ1) is 87.3. The monoisotopic (exact) mass is 1800 g/mol. The number of nitrogens with zero attached hydrogens (tertiary/aromatic N) is 11. The van der Waals surface area contributed by atoms with E-state index in [4.69, 9.17) is 66.4 Å². The number of carbonyl (C=O) groups excluding carboxylic acids is 3. The number of rotatable bonds is 29. The van der Waals surface area contributed by atoms with Gasteiger partial charge in [-0.25, -0.2) is 4.98 Å². The number of para-hydroxylation sites is 4. The van der Waals surface area contributed by atoms with Crippen LogP contribution < -0.4 is 21.3 Å². The SMILES string of the molecule is O=C(N[C@H](Cc1c[nH]c2ccccc12)c1nnc(CCCc2c[nH]c3ccccc23)n1Cc1cccc2ccccc12)C1CCNCC1.O=C(N[C@H](Cc1c[nH]c2ccccc12)c1nnc(Cc2ccccc2)n1Cc1ccc(Cl)c(Cl)c1)C1CCOCC1.O=C(N[C@H](Cc1c[nH]c2ccccc12)c1nnc(Cc2ccccc2)n1Cc1ccc(Cl)c(Cl)c1)c1cnccn1. The summed E-state index contributed by atoms with van der Waals surface area (Å²) in [7, 11) is 0. The second kappa shape index (κ2) is 41.4. The number of halogens is 4. The van der Waals surface area contributed by atoms with Crippen LogP contribution in [0.2, 0.25) is 20.1 Å². The van der Waals surface area contributed by atoms with Crippen LogP contribution in [0.1, 0.15) is 146 Å². The number of carbonyl (C=O) groups is 3. The van der Waals surface area contributed by atoms with E-state index in [1.54, 1.807) is 12.1 Å². The van der Waals surface area contributed by atoms with Crippen LogP contribution in [0.4, 0.5) is 0 Å². The first-order chi connectivity index (χ1) is 63.8. The van der Waals surface area contributed by atoms with Gasteiger partial charge in [0, 0.05) is 144 Å². The average molecular weight is 1810 g/mol. The van der Waals surface area contributed by atoms with Crippen LogP contribution in [-0.4, -0.2) is 118 Å². The summed E-state index contributed by atoms with van der Waals surface area (Å²) in [6, 6.07) is 78.3. The minimum Gasteiger partial charge on any atom is -0.381 e. The zero-order valence-corrected chi connectivity index (χ0v) is 74.5. The van der Waals surface area contributed by atoms with E-state index in [0.29, 0.717) is 110 Å². The van der Waals surface area contributed by atoms with Crippen LogP contribution in [0.5, 0.6) is 0 Å². The summed E-state index contributed by atoms with van der Waals surface area (Å²) < 4.78 is 11.9. The molecular weight excluding hydrogens is 1710 g/mol. The Kier molecular flexibility index (Phi) is 27.8. The van der Waals surface area contributed by atoms with E-state index in [2.05, 4.69) is 215 Å². The standard InChI is InChI=1S/C40H41N7O.C32H31Cl2N5O2.C31H25Cl2N7O/c48-40(28-19-21-41-22-20-28)44-37(23-31-25-43-36-17-6-4-15-34(31)36)39-46-45-38(18-8-11-29-24-42-35-16-5-3-14-33(29)35)47(39)26-30-12-7-10-27-9-1-2-13-32(27)30;33-26-11-10-22(16-27(26)34)20-39-30(17-21-6-2-1-3-7-21)37-38-31(39)29(36-32(40)23-12-14-41-15-13-23)18-24-19-35-28-9-5-4-8-25(24)28;32-24-11-10-21(14-25(24)33)19-40-29(15-20-6-2-1-3-7-20)38-39-30(40)27(37-31(41)28-18-34-12-13-35-28)16-22-17-36-26-9-5-4-8-23(22)26/h1-7,9-10,12-17,24-25,28,37,41-43H,8,11,18-23,26H2,(H,44,48);1-11,16,19,23,29,35H,12-15,17-18,20H2,(H,36,40);1-14,17-18,27,36H,15-16,19H2,(H,37,41)/t37-;29-;27-/m111/s1. The Bertz CT molecular complexity index is 6930. The second-order valence-corrected chi connectivity index (χ2v) is 34.8. The summed E-state index contributed by atoms with van der Waals surface area (Å²) in [6.07, 6.45) is 21.2. The van der Waals surface area contributed by atoms with E-state index >= 15 is 0 Å². The normalized spacial score (nSPS) is 13.8. The fourth-order valence-electron chi connectivity index (χ4n) is 17.8. The number of nitrogens with one attached hydrogen (secondary N) is 8. The van der Waals surface area contributed by atoms with Gasteiger partial charge in [-0.3, -0.25) is 19.4 Å². The predicted molar refractivity (Wildman–Crippen MR) is 512 cm³/mol. The van der Waals surface area contributed by atoms with Gasteiger partial charge < -0.3 is 59.6 Å². The third-order valence-electron chi connectivity index (χ3n) is 24.6. The molecule has 8 N–H and O–H groups in total. The van der Waals surface area contributed by atoms with E-state index in [-0.39, 0.29) is 41.3 Å². The predicted octanol–water partition coefficient (Wildman–Crippen LogP) is 19.8. The molecule has 2 aliphatic rings. The molecule has 0 radical (unpaired) electrons. The summed E-state index contributed by atoms with van der Waals surface area (Å²) >= 11 is 25.2. The van der Waals surface area contributed by atoms with Gasteiger partial charge in [0.05, 0.1) is 64.0 Å². The molecule has 2 fully saturated rings. The summed E-state index contributed by atoms with van der Waals surface area (Å²) in [5, 5.41) is 50.7. The lowest BCUT2D eigenvalue weighted by Crippen LogP contribution is -2.41. The van der Waals surface area contributed by atoms with E-state index in [1.165, 1.54) is 51.4 Å². The van der Waals surface area contributed by atoms with Crippen LogP contribution in [0.3, 0.4) is 0 Å². The topological polar surface area (TPSA) is 290 Å². The van der Waals surface area contributed by atoms with Crippen molar-refractivity contribution in [1.29, 1.82) is 0 Å². The van der Waals surface area contributed by atoms with E-state index in [0.717, 1.165) is 140 Å². The third kappa shape index (κ3) is 20.8. The van der Waals surface area contributed by atoms with Gasteiger partial charge in [0.2, 0.25) is 11.8 Å². The minimum atomic E-state index is -0.525. The molecule has 8 aromatic heterocycles. The molecular formula is C103H97Cl4N19O4. The third-order valence-corrected chi connectivity index (χ3v) is 26.1. The Hall–Kier alpha value is -13.4. The summed E-state index contributed by atoms with van der Waals surface area (Å²) in [5.74, 6) is 4.29. The Balaban J connectivity index is 0.000000132. The molecule has 0 saturated carbocycles. The molecule has 18 aromatic rings. The van der Waals surface area contributed by atoms with Crippen LogP contribution in [0, 0.1) is 11.8 Å². The summed E-state index contributed by atoms with van der Waals surface area (Å²) in [4.78, 5) is 62.5. The molecule has 0 spiro atoms. The molecule has 130 heavy (non-hydrogen) atoms. The number of ether oxygens (including phenoxy) is 1. The number of benzene rings is 10. The van der Waals surface area contributed by atoms with Crippen molar-refractivity contribution >= 4 is 119 Å². The van der Waals surface area contributed by atoms with Crippen molar-refractivity contribution in [2.75, 3.05) is 26.3 Å². The number of hydrogen-bond donors (Lipinski definition) is 8. The maximum atomic E-state index is 13.8. The van der Waals surface area contributed by atoms with Crippen LogP contribution in [0.15, 0.2) is 280 Å². The first-order valence-corrected chi connectivity index (χ1v) is 45.7. The van der Waals surface area contributed by atoms with Crippen molar-refractivity contribution in [2.24, 2.45) is 11.8 Å². The highest BCUT2D eigenvalue weighted by Crippen LogP contribution is 2.35. The maximum absolute atomic E-state index is 13.8. The number of H-pyrrole nitrogens is 4. The van der Waals surface area contributed by atoms with Crippen molar-refractivity contribution in [3.05, 3.63) is 391 Å². The van der Waals surface area contributed by atoms with Gasteiger partial charge in [-0.05, 0) is 161 Å². The van der Waals surface area contributed by atoms with Gasteiger partial charge in [-0.15, -0.1) is 30.6 Å². The molecule has 10 heterocycles. The minimum absolute atomic E-state index is 0.0122. The molecule has 3 amide bonds. The molecule has 0 unspecified atom stereocenters. The number of aromatic amines is 4. The largest absolute Gasteiger partial charge is 0.381 e. The van der Waals surface area contributed by atoms with Gasteiger partial charge in [0.25, 0.3) is 5.91 Å². The van der Waals surface area contributed by atoms with Crippen LogP contribution >= 0.6 is 46.4 Å². The lowest BCUT2D eigenvalue weighted by molar-refractivity contribution is -0.129. The number of aromatic nitrogens is 15. The molecule has 656 valence electrons. The molecule has 20 rings (SSSR count). The van der Waals surface area contributed by atoms with E-state index in [9.17, 15) is 14.4 Å². The fourth-order valence-corrected chi connectivity index (χ4v) is 18.5. The van der Waals surface area contributed by atoms with E-state index in [1.807, 2.05) is 114 Å². The highest BCUT2D eigenvalue weighted by atomic mass is 35.5. The zero-order chi connectivity index (χ0) is 88.7. The highest BCUT2D eigenvalue weighted by molar-refractivity contribution is 6.42. The van der Waals surface area contributed by atoms with Gasteiger partial charge >= 0.3 is 0 Å². The van der Waals surface area contributed by atoms with Gasteiger partial charge in [-0.2, -0.15) is 0 Å². The Morgan fingerprint density at radius 2 is 0.815 bits per heavy atom. The number of fused-ring (bicyclic) bond motifs is 5. The van der Waals surface area contributed by atoms with E-state index < -0.39 is 12.1 Å². The van der Waals surface area contributed by atoms with Crippen LogP contribution in [0.25, 0.3) is 54.4 Å². The van der Waals surface area contributed by atoms with Crippen molar-refractivity contribution in [3.8, 4) is 0 Å². The molecule has 2 saturated heterocycles. The summed E-state index contributed by atoms with van der Waals surface area (Å²) in [6.45, 7) is 4.47. The smallest absolute Gasteiger partial charge is 0.272 e. The Labute approximate surface area is 771 Å². The Morgan fingerprint density at radius 3 is 1.30 bits per heavy atom. The van der Waals surface area contributed by atoms with Gasteiger partial charge in [0.15, 0.2) is 17.5 Å². The molecule has 23 nitrogen and oxygen atoms in total. The van der Waals surface area contributed by atoms with Gasteiger partial charge in [0.1, 0.15) is 23.2 Å². The van der Waals surface area contributed by atoms with Crippen molar-refractivity contribution in [3.63, 3.8) is 0 Å². The molecule has 0 bridgehead atoms. The number of piperidine rings is 1. The lowest BCUT2D eigenvalue weighted by Gasteiger charge is -2.26. The molecule has 2 aliphatic heterocycles. The lowest BCUT2D eigenvalue weighted by atomic mass is 9.96. The molecule has 10 aromatic carbocycles. The molecule has 0 aliphatic carbocycles. The van der Waals surface area contributed by atoms with Gasteiger partial charge in [-0.1, -0.05) is 234 Å². The summed E-state index contributed by atoms with van der Waals surface area (Å²) in [5.41, 5.74) is 14.5. The zero-order valence-electron chi connectivity index (χ0n) is 71.4. The number of aryl methyl sites for hydroxylation is 2.